The lowest BCUT2D eigenvalue weighted by atomic mass is 10.2. The van der Waals surface area contributed by atoms with Gasteiger partial charge < -0.3 is 15.2 Å². The Morgan fingerprint density at radius 1 is 0.944 bits per heavy atom. The second-order valence-electron chi connectivity index (χ2n) is 4.88. The van der Waals surface area contributed by atoms with Crippen molar-refractivity contribution in [1.29, 1.82) is 0 Å². The van der Waals surface area contributed by atoms with Crippen molar-refractivity contribution in [2.24, 2.45) is 0 Å². The topological polar surface area (TPSA) is 34.2 Å². The standard InChI is InChI=1S/C15H19N3/c16-14-8-9-15(17-10-4-5-11-17)18(14)12-13-6-2-1-3-7-13/h1-3,6-9H,4-5,10-12,16H2. The van der Waals surface area contributed by atoms with E-state index in [2.05, 4.69) is 39.8 Å². The highest BCUT2D eigenvalue weighted by Crippen LogP contribution is 2.25. The molecule has 1 aliphatic heterocycles. The van der Waals surface area contributed by atoms with Crippen LogP contribution in [0.4, 0.5) is 11.6 Å². The van der Waals surface area contributed by atoms with E-state index >= 15 is 0 Å². The second-order valence-corrected chi connectivity index (χ2v) is 4.88. The fourth-order valence-corrected chi connectivity index (χ4v) is 2.63. The fourth-order valence-electron chi connectivity index (χ4n) is 2.63. The number of hydrogen-bond donors (Lipinski definition) is 1. The van der Waals surface area contributed by atoms with Gasteiger partial charge in [-0.1, -0.05) is 30.3 Å². The lowest BCUT2D eigenvalue weighted by Crippen LogP contribution is -2.22. The van der Waals surface area contributed by atoms with Crippen LogP contribution in [-0.4, -0.2) is 17.7 Å². The summed E-state index contributed by atoms with van der Waals surface area (Å²) in [5.74, 6) is 2.11. The van der Waals surface area contributed by atoms with Crippen LogP contribution in [0.3, 0.4) is 0 Å². The van der Waals surface area contributed by atoms with Crippen LogP contribution < -0.4 is 10.6 Å². The molecule has 0 spiro atoms. The van der Waals surface area contributed by atoms with E-state index in [1.54, 1.807) is 0 Å². The molecule has 2 heterocycles. The zero-order valence-electron chi connectivity index (χ0n) is 10.5. The van der Waals surface area contributed by atoms with E-state index in [-0.39, 0.29) is 0 Å². The van der Waals surface area contributed by atoms with Gasteiger partial charge in [0.15, 0.2) is 0 Å². The minimum Gasteiger partial charge on any atom is -0.385 e. The van der Waals surface area contributed by atoms with Crippen molar-refractivity contribution in [2.75, 3.05) is 23.7 Å². The van der Waals surface area contributed by atoms with Gasteiger partial charge in [0, 0.05) is 13.1 Å². The fraction of sp³-hybridized carbons (Fsp3) is 0.333. The van der Waals surface area contributed by atoms with Gasteiger partial charge in [0.05, 0.1) is 6.54 Å². The van der Waals surface area contributed by atoms with Crippen LogP contribution in [0, 0.1) is 0 Å². The van der Waals surface area contributed by atoms with Gasteiger partial charge in [-0.3, -0.25) is 0 Å². The number of nitrogens with two attached hydrogens (primary N) is 1. The summed E-state index contributed by atoms with van der Waals surface area (Å²) in [5.41, 5.74) is 7.39. The third-order valence-corrected chi connectivity index (χ3v) is 3.60. The number of hydrogen-bond acceptors (Lipinski definition) is 2. The maximum Gasteiger partial charge on any atom is 0.110 e. The largest absolute Gasteiger partial charge is 0.385 e. The maximum absolute atomic E-state index is 6.09. The number of benzene rings is 1. The summed E-state index contributed by atoms with van der Waals surface area (Å²) in [5, 5.41) is 0. The van der Waals surface area contributed by atoms with E-state index in [0.29, 0.717) is 0 Å². The summed E-state index contributed by atoms with van der Waals surface area (Å²) in [4.78, 5) is 2.43. The molecule has 18 heavy (non-hydrogen) atoms. The predicted octanol–water partition coefficient (Wildman–Crippen LogP) is 2.72. The van der Waals surface area contributed by atoms with Gasteiger partial charge in [-0.15, -0.1) is 0 Å². The first kappa shape index (κ1) is 11.2. The third-order valence-electron chi connectivity index (χ3n) is 3.60. The molecule has 0 aliphatic carbocycles. The molecule has 1 saturated heterocycles. The van der Waals surface area contributed by atoms with Gasteiger partial charge in [0.25, 0.3) is 0 Å². The molecule has 0 atom stereocenters. The summed E-state index contributed by atoms with van der Waals surface area (Å²) in [6.45, 7) is 3.15. The molecule has 94 valence electrons. The molecule has 1 aromatic heterocycles. The van der Waals surface area contributed by atoms with Crippen molar-refractivity contribution in [3.05, 3.63) is 48.0 Å². The van der Waals surface area contributed by atoms with Crippen LogP contribution in [0.1, 0.15) is 18.4 Å². The van der Waals surface area contributed by atoms with Gasteiger partial charge in [-0.2, -0.15) is 0 Å². The minimum absolute atomic E-state index is 0.848. The highest BCUT2D eigenvalue weighted by atomic mass is 15.3. The monoisotopic (exact) mass is 241 g/mol. The van der Waals surface area contributed by atoms with Crippen LogP contribution in [0.5, 0.6) is 0 Å². The Kier molecular flexibility index (Phi) is 2.97. The Morgan fingerprint density at radius 2 is 1.67 bits per heavy atom. The molecule has 0 unspecified atom stereocenters. The van der Waals surface area contributed by atoms with Crippen molar-refractivity contribution in [2.45, 2.75) is 19.4 Å². The average Bonchev–Trinajstić information content (AvgIpc) is 3.02. The lowest BCUT2D eigenvalue weighted by Gasteiger charge is -2.21. The number of nitrogen functional groups attached to an aromatic ring is 1. The normalized spacial score (nSPS) is 15.2. The molecule has 1 aromatic carbocycles. The smallest absolute Gasteiger partial charge is 0.110 e. The highest BCUT2D eigenvalue weighted by molar-refractivity contribution is 5.51. The summed E-state index contributed by atoms with van der Waals surface area (Å²) in [7, 11) is 0. The molecular weight excluding hydrogens is 222 g/mol. The first-order valence-electron chi connectivity index (χ1n) is 6.58. The molecular formula is C15H19N3. The van der Waals surface area contributed by atoms with Gasteiger partial charge in [-0.25, -0.2) is 0 Å². The molecule has 1 fully saturated rings. The van der Waals surface area contributed by atoms with Crippen LogP contribution in [-0.2, 0) is 6.54 Å². The third kappa shape index (κ3) is 2.08. The molecule has 3 nitrogen and oxygen atoms in total. The van der Waals surface area contributed by atoms with Gasteiger partial charge in [-0.05, 0) is 30.5 Å². The Bertz CT molecular complexity index is 510. The summed E-state index contributed by atoms with van der Waals surface area (Å²) in [6.07, 6.45) is 2.58. The van der Waals surface area contributed by atoms with Crippen LogP contribution in [0.15, 0.2) is 42.5 Å². The lowest BCUT2D eigenvalue weighted by molar-refractivity contribution is 0.779. The van der Waals surface area contributed by atoms with Crippen LogP contribution in [0.25, 0.3) is 0 Å². The van der Waals surface area contributed by atoms with Crippen molar-refractivity contribution < 1.29 is 0 Å². The molecule has 1 aliphatic rings. The zero-order chi connectivity index (χ0) is 12.4. The predicted molar refractivity (Wildman–Crippen MR) is 75.8 cm³/mol. The van der Waals surface area contributed by atoms with E-state index < -0.39 is 0 Å². The molecule has 0 bridgehead atoms. The number of anilines is 2. The quantitative estimate of drug-likeness (QED) is 0.896. The first-order valence-corrected chi connectivity index (χ1v) is 6.58. The van der Waals surface area contributed by atoms with Crippen molar-refractivity contribution in [3.63, 3.8) is 0 Å². The molecule has 0 saturated carbocycles. The molecule has 0 amide bonds. The Hall–Kier alpha value is -1.90. The van der Waals surface area contributed by atoms with Crippen LogP contribution >= 0.6 is 0 Å². The molecule has 2 aromatic rings. The summed E-state index contributed by atoms with van der Waals surface area (Å²) >= 11 is 0. The van der Waals surface area contributed by atoms with E-state index in [4.69, 9.17) is 5.73 Å². The average molecular weight is 241 g/mol. The zero-order valence-corrected chi connectivity index (χ0v) is 10.5. The van der Waals surface area contributed by atoms with Crippen molar-refractivity contribution >= 4 is 11.6 Å². The molecule has 0 radical (unpaired) electrons. The summed E-state index contributed by atoms with van der Waals surface area (Å²) < 4.78 is 2.21. The van der Waals surface area contributed by atoms with E-state index in [0.717, 1.165) is 25.5 Å². The van der Waals surface area contributed by atoms with Gasteiger partial charge in [0.2, 0.25) is 0 Å². The first-order chi connectivity index (χ1) is 8.84. The molecule has 2 N–H and O–H groups in total. The maximum atomic E-state index is 6.09. The highest BCUT2D eigenvalue weighted by Gasteiger charge is 2.17. The summed E-state index contributed by atoms with van der Waals surface area (Å²) in [6, 6.07) is 14.6. The molecule has 3 heteroatoms. The Labute approximate surface area is 108 Å². The van der Waals surface area contributed by atoms with E-state index in [1.807, 2.05) is 12.1 Å². The van der Waals surface area contributed by atoms with E-state index in [9.17, 15) is 0 Å². The Balaban J connectivity index is 1.88. The second kappa shape index (κ2) is 4.77. The van der Waals surface area contributed by atoms with Crippen molar-refractivity contribution in [1.82, 2.24) is 4.57 Å². The minimum atomic E-state index is 0.848. The van der Waals surface area contributed by atoms with E-state index in [1.165, 1.54) is 24.2 Å². The Morgan fingerprint density at radius 3 is 2.39 bits per heavy atom. The SMILES string of the molecule is Nc1ccc(N2CCCC2)n1Cc1ccccc1. The van der Waals surface area contributed by atoms with Crippen LogP contribution in [0.2, 0.25) is 0 Å². The number of aromatic nitrogens is 1. The van der Waals surface area contributed by atoms with Gasteiger partial charge in [0.1, 0.15) is 11.6 Å². The number of nitrogens with zero attached hydrogens (tertiary/aromatic N) is 2. The van der Waals surface area contributed by atoms with Crippen molar-refractivity contribution in [3.8, 4) is 0 Å². The van der Waals surface area contributed by atoms with Gasteiger partial charge >= 0.3 is 0 Å². The number of rotatable bonds is 3. The molecule has 3 rings (SSSR count).